The highest BCUT2D eigenvalue weighted by molar-refractivity contribution is 6.06. The van der Waals surface area contributed by atoms with E-state index in [9.17, 15) is 4.79 Å². The van der Waals surface area contributed by atoms with Crippen molar-refractivity contribution < 1.29 is 4.79 Å². The van der Waals surface area contributed by atoms with Gasteiger partial charge in [-0.15, -0.1) is 0 Å². The molecule has 1 aromatic carbocycles. The van der Waals surface area contributed by atoms with Crippen molar-refractivity contribution in [3.05, 3.63) is 48.3 Å². The van der Waals surface area contributed by atoms with Gasteiger partial charge in [-0.1, -0.05) is 6.07 Å². The average molecular weight is 469 g/mol. The van der Waals surface area contributed by atoms with Crippen molar-refractivity contribution in [1.29, 1.82) is 0 Å². The number of amides is 1. The van der Waals surface area contributed by atoms with E-state index in [1.807, 2.05) is 26.0 Å². The summed E-state index contributed by atoms with van der Waals surface area (Å²) in [6, 6.07) is 6.26. The molecule has 0 bridgehead atoms. The number of anilines is 1. The summed E-state index contributed by atoms with van der Waals surface area (Å²) in [5, 5.41) is 6.66. The number of nitrogens with one attached hydrogen (secondary N) is 2. The molecular formula is C26H28N8O. The smallest absolute Gasteiger partial charge is 0.249 e. The number of carbonyl (C=O) groups is 1. The Labute approximate surface area is 203 Å². The summed E-state index contributed by atoms with van der Waals surface area (Å²) in [4.78, 5) is 35.8. The highest BCUT2D eigenvalue weighted by Crippen LogP contribution is 2.41. The summed E-state index contributed by atoms with van der Waals surface area (Å²) in [5.41, 5.74) is 4.89. The van der Waals surface area contributed by atoms with Crippen LogP contribution in [0.3, 0.4) is 0 Å². The van der Waals surface area contributed by atoms with Gasteiger partial charge in [-0.25, -0.2) is 24.9 Å². The van der Waals surface area contributed by atoms with Crippen LogP contribution in [0.2, 0.25) is 0 Å². The SMILES string of the molecule is CCn1c(-c2cnc(C)nc2)nc2c(-c3ccc4c(c3)[C@](C)(N[C@H](C)C3CC3)C(=O)N4)ncnc21. The summed E-state index contributed by atoms with van der Waals surface area (Å²) in [5.74, 6) is 2.08. The highest BCUT2D eigenvalue weighted by Gasteiger charge is 2.45. The zero-order valence-electron chi connectivity index (χ0n) is 20.3. The Morgan fingerprint density at radius 3 is 2.66 bits per heavy atom. The van der Waals surface area contributed by atoms with Gasteiger partial charge in [0.25, 0.3) is 0 Å². The molecule has 4 aromatic rings. The standard InChI is InChI=1S/C26H28N8O/c1-5-34-23(18-11-27-15(3)28-12-18)32-22-21(29-13-30-24(22)34)17-8-9-20-19(10-17)26(4,25(35)31-20)33-14(2)16-6-7-16/h8-14,16,33H,5-7H2,1-4H3,(H,31,35)/t14-,26+/m1/s1. The zero-order chi connectivity index (χ0) is 24.3. The van der Waals surface area contributed by atoms with Crippen LogP contribution in [0.25, 0.3) is 33.8 Å². The molecule has 1 amide bonds. The molecule has 35 heavy (non-hydrogen) atoms. The lowest BCUT2D eigenvalue weighted by molar-refractivity contribution is -0.121. The van der Waals surface area contributed by atoms with Crippen LogP contribution in [0.1, 0.15) is 45.0 Å². The monoisotopic (exact) mass is 468 g/mol. The van der Waals surface area contributed by atoms with Crippen LogP contribution in [-0.4, -0.2) is 41.4 Å². The second kappa shape index (κ2) is 7.91. The lowest BCUT2D eigenvalue weighted by Gasteiger charge is -2.28. The van der Waals surface area contributed by atoms with Crippen molar-refractivity contribution >= 4 is 22.8 Å². The number of imidazole rings is 1. The van der Waals surface area contributed by atoms with Crippen LogP contribution in [0.4, 0.5) is 5.69 Å². The van der Waals surface area contributed by atoms with Crippen LogP contribution < -0.4 is 10.6 Å². The Morgan fingerprint density at radius 2 is 1.94 bits per heavy atom. The molecular weight excluding hydrogens is 440 g/mol. The molecule has 2 aliphatic rings. The molecule has 0 spiro atoms. The fourth-order valence-electron chi connectivity index (χ4n) is 5.07. The summed E-state index contributed by atoms with van der Waals surface area (Å²) in [6.45, 7) is 8.75. The molecule has 2 atom stereocenters. The fraction of sp³-hybridized carbons (Fsp3) is 0.385. The predicted molar refractivity (Wildman–Crippen MR) is 133 cm³/mol. The Bertz CT molecular complexity index is 1460. The first kappa shape index (κ1) is 21.8. The van der Waals surface area contributed by atoms with Crippen LogP contribution in [0, 0.1) is 12.8 Å². The van der Waals surface area contributed by atoms with Gasteiger partial charge in [0.05, 0.1) is 5.56 Å². The quantitative estimate of drug-likeness (QED) is 0.442. The zero-order valence-corrected chi connectivity index (χ0v) is 20.3. The number of aromatic nitrogens is 6. The third kappa shape index (κ3) is 3.49. The van der Waals surface area contributed by atoms with Gasteiger partial charge in [0.2, 0.25) is 5.91 Å². The maximum absolute atomic E-state index is 13.0. The largest absolute Gasteiger partial charge is 0.324 e. The van der Waals surface area contributed by atoms with Crippen molar-refractivity contribution in [2.75, 3.05) is 5.32 Å². The van der Waals surface area contributed by atoms with E-state index in [0.29, 0.717) is 23.8 Å². The molecule has 3 aromatic heterocycles. The minimum atomic E-state index is -0.799. The summed E-state index contributed by atoms with van der Waals surface area (Å²) < 4.78 is 2.05. The highest BCUT2D eigenvalue weighted by atomic mass is 16.2. The first-order valence-corrected chi connectivity index (χ1v) is 12.1. The number of rotatable bonds is 6. The van der Waals surface area contributed by atoms with Crippen molar-refractivity contribution in [3.63, 3.8) is 0 Å². The molecule has 9 heteroatoms. The molecule has 1 aliphatic heterocycles. The van der Waals surface area contributed by atoms with Gasteiger partial charge in [0, 0.05) is 41.8 Å². The first-order valence-electron chi connectivity index (χ1n) is 12.1. The molecule has 178 valence electrons. The van der Waals surface area contributed by atoms with Crippen LogP contribution in [-0.2, 0) is 16.9 Å². The van der Waals surface area contributed by atoms with Crippen molar-refractivity contribution in [3.8, 4) is 22.6 Å². The third-order valence-electron chi connectivity index (χ3n) is 7.27. The number of hydrogen-bond donors (Lipinski definition) is 2. The first-order chi connectivity index (χ1) is 16.9. The van der Waals surface area contributed by atoms with E-state index < -0.39 is 5.54 Å². The second-order valence-electron chi connectivity index (χ2n) is 9.70. The number of nitrogens with zero attached hydrogens (tertiary/aromatic N) is 6. The predicted octanol–water partition coefficient (Wildman–Crippen LogP) is 3.83. The number of benzene rings is 1. The maximum atomic E-state index is 13.0. The summed E-state index contributed by atoms with van der Waals surface area (Å²) in [6.07, 6.45) is 7.57. The summed E-state index contributed by atoms with van der Waals surface area (Å²) in [7, 11) is 0. The molecule has 1 aliphatic carbocycles. The van der Waals surface area contributed by atoms with E-state index in [4.69, 9.17) is 4.98 Å². The van der Waals surface area contributed by atoms with E-state index in [1.54, 1.807) is 18.7 Å². The van der Waals surface area contributed by atoms with E-state index >= 15 is 0 Å². The van der Waals surface area contributed by atoms with Gasteiger partial charge in [0.15, 0.2) is 5.65 Å². The molecule has 2 N–H and O–H groups in total. The number of hydrogen-bond acceptors (Lipinski definition) is 7. The van der Waals surface area contributed by atoms with E-state index in [1.165, 1.54) is 12.8 Å². The Hall–Kier alpha value is -3.72. The number of carbonyl (C=O) groups excluding carboxylic acids is 1. The minimum Gasteiger partial charge on any atom is -0.324 e. The fourth-order valence-corrected chi connectivity index (χ4v) is 5.07. The third-order valence-corrected chi connectivity index (χ3v) is 7.27. The molecule has 9 nitrogen and oxygen atoms in total. The lowest BCUT2D eigenvalue weighted by Crippen LogP contribution is -2.50. The Balaban J connectivity index is 1.47. The Kier molecular flexibility index (Phi) is 4.93. The normalized spacial score (nSPS) is 20.2. The molecule has 1 saturated carbocycles. The van der Waals surface area contributed by atoms with Crippen LogP contribution in [0.5, 0.6) is 0 Å². The lowest BCUT2D eigenvalue weighted by atomic mass is 9.90. The van der Waals surface area contributed by atoms with E-state index in [2.05, 4.69) is 55.1 Å². The second-order valence-corrected chi connectivity index (χ2v) is 9.70. The molecule has 0 radical (unpaired) electrons. The van der Waals surface area contributed by atoms with Crippen molar-refractivity contribution in [1.82, 2.24) is 34.8 Å². The topological polar surface area (TPSA) is 111 Å². The molecule has 0 unspecified atom stereocenters. The molecule has 4 heterocycles. The van der Waals surface area contributed by atoms with Crippen LogP contribution in [0.15, 0.2) is 36.9 Å². The van der Waals surface area contributed by atoms with Crippen molar-refractivity contribution in [2.45, 2.75) is 58.7 Å². The van der Waals surface area contributed by atoms with Crippen LogP contribution >= 0.6 is 0 Å². The van der Waals surface area contributed by atoms with Gasteiger partial charge in [-0.3, -0.25) is 10.1 Å². The number of aryl methyl sites for hydroxylation is 2. The van der Waals surface area contributed by atoms with Gasteiger partial charge in [-0.05, 0) is 58.6 Å². The average Bonchev–Trinajstić information content (AvgIpc) is 3.60. The van der Waals surface area contributed by atoms with Gasteiger partial charge in [0.1, 0.15) is 34.7 Å². The van der Waals surface area contributed by atoms with Gasteiger partial charge < -0.3 is 9.88 Å². The van der Waals surface area contributed by atoms with Gasteiger partial charge >= 0.3 is 0 Å². The molecule has 6 rings (SSSR count). The number of fused-ring (bicyclic) bond motifs is 2. The van der Waals surface area contributed by atoms with Crippen molar-refractivity contribution in [2.24, 2.45) is 5.92 Å². The summed E-state index contributed by atoms with van der Waals surface area (Å²) >= 11 is 0. The maximum Gasteiger partial charge on any atom is 0.249 e. The Morgan fingerprint density at radius 1 is 1.17 bits per heavy atom. The minimum absolute atomic E-state index is 0.0260. The van der Waals surface area contributed by atoms with Gasteiger partial charge in [-0.2, -0.15) is 0 Å². The molecule has 0 saturated heterocycles. The van der Waals surface area contributed by atoms with E-state index in [-0.39, 0.29) is 11.9 Å². The molecule has 1 fully saturated rings. The van der Waals surface area contributed by atoms with E-state index in [0.717, 1.165) is 39.5 Å².